The van der Waals surface area contributed by atoms with Crippen LogP contribution in [0.2, 0.25) is 5.02 Å². The molecule has 0 spiro atoms. The van der Waals surface area contributed by atoms with Crippen molar-refractivity contribution in [2.45, 2.75) is 30.1 Å². The Labute approximate surface area is 159 Å². The fourth-order valence-electron chi connectivity index (χ4n) is 4.05. The predicted octanol–water partition coefficient (Wildman–Crippen LogP) is 3.43. The smallest absolute Gasteiger partial charge is 0.211 e. The van der Waals surface area contributed by atoms with Crippen molar-refractivity contribution in [3.05, 3.63) is 52.9 Å². The van der Waals surface area contributed by atoms with E-state index in [0.29, 0.717) is 11.7 Å². The van der Waals surface area contributed by atoms with Gasteiger partial charge in [-0.15, -0.1) is 0 Å². The molecule has 7 heteroatoms. The Balaban J connectivity index is 1.43. The molecule has 2 aliphatic heterocycles. The minimum Gasteiger partial charge on any atom is -0.342 e. The number of imidazole rings is 1. The number of anilines is 1. The van der Waals surface area contributed by atoms with E-state index in [4.69, 9.17) is 16.6 Å². The minimum absolute atomic E-state index is 0.559. The molecule has 0 aliphatic carbocycles. The second kappa shape index (κ2) is 6.35. The first kappa shape index (κ1) is 16.3. The van der Waals surface area contributed by atoms with E-state index in [9.17, 15) is 4.21 Å². The van der Waals surface area contributed by atoms with Gasteiger partial charge in [-0.2, -0.15) is 0 Å². The second-order valence-corrected chi connectivity index (χ2v) is 8.86. The molecule has 5 nitrogen and oxygen atoms in total. The van der Waals surface area contributed by atoms with Gasteiger partial charge in [0.15, 0.2) is 5.65 Å². The Kier molecular flexibility index (Phi) is 3.98. The standard InChI is InChI=1S/C19H19ClN4OS/c20-15-3-1-13(2-4-15)14-5-9-23(10-6-14)19-22-16-7-12-26(25)17(16)18-21-8-11-24(18)19/h1-4,8,11,14H,5-7,9-10,12H2/t26-/m0/s1. The maximum Gasteiger partial charge on any atom is 0.211 e. The third-order valence-electron chi connectivity index (χ3n) is 5.43. The largest absolute Gasteiger partial charge is 0.342 e. The Morgan fingerprint density at radius 3 is 2.69 bits per heavy atom. The lowest BCUT2D eigenvalue weighted by Gasteiger charge is -2.33. The zero-order valence-electron chi connectivity index (χ0n) is 14.3. The van der Waals surface area contributed by atoms with Crippen molar-refractivity contribution in [2.75, 3.05) is 23.7 Å². The van der Waals surface area contributed by atoms with Crippen LogP contribution in [0.25, 0.3) is 5.65 Å². The molecule has 134 valence electrons. The van der Waals surface area contributed by atoms with Crippen molar-refractivity contribution < 1.29 is 4.21 Å². The van der Waals surface area contributed by atoms with Gasteiger partial charge < -0.3 is 4.90 Å². The molecule has 5 rings (SSSR count). The van der Waals surface area contributed by atoms with Crippen LogP contribution in [0.5, 0.6) is 0 Å². The van der Waals surface area contributed by atoms with E-state index in [2.05, 4.69) is 22.0 Å². The van der Waals surface area contributed by atoms with E-state index in [-0.39, 0.29) is 0 Å². The van der Waals surface area contributed by atoms with Crippen LogP contribution in [-0.2, 0) is 17.2 Å². The molecular formula is C19H19ClN4OS. The van der Waals surface area contributed by atoms with Gasteiger partial charge in [0.1, 0.15) is 4.90 Å². The Bertz CT molecular complexity index is 993. The Hall–Kier alpha value is -1.92. The molecule has 1 fully saturated rings. The summed E-state index contributed by atoms with van der Waals surface area (Å²) in [5.74, 6) is 2.15. The summed E-state index contributed by atoms with van der Waals surface area (Å²) in [5, 5.41) is 0.786. The lowest BCUT2D eigenvalue weighted by Crippen LogP contribution is -2.35. The van der Waals surface area contributed by atoms with Crippen molar-refractivity contribution in [1.82, 2.24) is 14.4 Å². The average Bonchev–Trinajstić information content (AvgIpc) is 3.28. The quantitative estimate of drug-likeness (QED) is 0.677. The van der Waals surface area contributed by atoms with Gasteiger partial charge in [-0.05, 0) is 36.5 Å². The molecule has 0 radical (unpaired) electrons. The fourth-order valence-corrected chi connectivity index (χ4v) is 5.53. The average molecular weight is 387 g/mol. The SMILES string of the molecule is O=[S@]1CCc2nc(N3CCC(c4ccc(Cl)cc4)CC3)n3ccnc3c21. The maximum atomic E-state index is 12.3. The third-order valence-corrected chi connectivity index (χ3v) is 7.13. The van der Waals surface area contributed by atoms with E-state index >= 15 is 0 Å². The summed E-state index contributed by atoms with van der Waals surface area (Å²) in [6, 6.07) is 8.22. The first-order valence-corrected chi connectivity index (χ1v) is 10.6. The van der Waals surface area contributed by atoms with Gasteiger partial charge in [-0.3, -0.25) is 8.61 Å². The summed E-state index contributed by atoms with van der Waals surface area (Å²) >= 11 is 6.01. The summed E-state index contributed by atoms with van der Waals surface area (Å²) < 4.78 is 14.3. The van der Waals surface area contributed by atoms with Crippen molar-refractivity contribution in [2.24, 2.45) is 0 Å². The second-order valence-electron chi connectivity index (χ2n) is 6.92. The van der Waals surface area contributed by atoms with Crippen LogP contribution < -0.4 is 4.90 Å². The highest BCUT2D eigenvalue weighted by Gasteiger charge is 2.29. The molecule has 0 N–H and O–H groups in total. The van der Waals surface area contributed by atoms with Crippen molar-refractivity contribution in [1.29, 1.82) is 0 Å². The van der Waals surface area contributed by atoms with Gasteiger partial charge in [-0.1, -0.05) is 23.7 Å². The number of benzene rings is 1. The Morgan fingerprint density at radius 1 is 1.15 bits per heavy atom. The number of rotatable bonds is 2. The number of piperidine rings is 1. The molecule has 4 heterocycles. The highest BCUT2D eigenvalue weighted by Crippen LogP contribution is 2.33. The highest BCUT2D eigenvalue weighted by molar-refractivity contribution is 7.85. The van der Waals surface area contributed by atoms with E-state index in [1.165, 1.54) is 5.56 Å². The highest BCUT2D eigenvalue weighted by atomic mass is 35.5. The Morgan fingerprint density at radius 2 is 1.92 bits per heavy atom. The molecule has 1 saturated heterocycles. The van der Waals surface area contributed by atoms with Crippen LogP contribution in [0.15, 0.2) is 41.6 Å². The molecule has 0 saturated carbocycles. The molecule has 0 amide bonds. The van der Waals surface area contributed by atoms with Crippen LogP contribution in [0, 0.1) is 0 Å². The van der Waals surface area contributed by atoms with Gasteiger partial charge >= 0.3 is 0 Å². The molecule has 1 atom stereocenters. The van der Waals surface area contributed by atoms with E-state index in [0.717, 1.165) is 59.6 Å². The van der Waals surface area contributed by atoms with Crippen molar-refractivity contribution in [3.8, 4) is 0 Å². The van der Waals surface area contributed by atoms with Crippen molar-refractivity contribution >= 4 is 34.0 Å². The van der Waals surface area contributed by atoms with Gasteiger partial charge in [0, 0.05) is 42.7 Å². The summed E-state index contributed by atoms with van der Waals surface area (Å²) in [4.78, 5) is 12.5. The number of hydrogen-bond acceptors (Lipinski definition) is 4. The lowest BCUT2D eigenvalue weighted by atomic mass is 9.89. The van der Waals surface area contributed by atoms with Crippen LogP contribution in [0.4, 0.5) is 5.95 Å². The van der Waals surface area contributed by atoms with E-state index in [1.807, 2.05) is 22.7 Å². The molecule has 26 heavy (non-hydrogen) atoms. The van der Waals surface area contributed by atoms with Crippen LogP contribution in [0.1, 0.15) is 30.0 Å². The van der Waals surface area contributed by atoms with Gasteiger partial charge in [0.25, 0.3) is 0 Å². The van der Waals surface area contributed by atoms with Gasteiger partial charge in [-0.25, -0.2) is 9.97 Å². The lowest BCUT2D eigenvalue weighted by molar-refractivity contribution is 0.497. The van der Waals surface area contributed by atoms with E-state index < -0.39 is 10.8 Å². The monoisotopic (exact) mass is 386 g/mol. The first-order chi connectivity index (χ1) is 12.7. The maximum absolute atomic E-state index is 12.3. The zero-order chi connectivity index (χ0) is 17.7. The molecular weight excluding hydrogens is 368 g/mol. The van der Waals surface area contributed by atoms with Crippen LogP contribution in [-0.4, -0.2) is 37.4 Å². The number of hydrogen-bond donors (Lipinski definition) is 0. The summed E-state index contributed by atoms with van der Waals surface area (Å²) in [5.41, 5.74) is 3.12. The number of halogens is 1. The number of aromatic nitrogens is 3. The fraction of sp³-hybridized carbons (Fsp3) is 0.368. The van der Waals surface area contributed by atoms with Gasteiger partial charge in [0.05, 0.1) is 16.5 Å². The molecule has 3 aromatic rings. The molecule has 1 aromatic carbocycles. The minimum atomic E-state index is -0.972. The van der Waals surface area contributed by atoms with Gasteiger partial charge in [0.2, 0.25) is 5.95 Å². The molecule has 2 aliphatic rings. The van der Waals surface area contributed by atoms with Crippen LogP contribution >= 0.6 is 11.6 Å². The number of fused-ring (bicyclic) bond motifs is 3. The molecule has 0 bridgehead atoms. The summed E-state index contributed by atoms with van der Waals surface area (Å²) in [7, 11) is -0.972. The normalized spacial score (nSPS) is 20.7. The zero-order valence-corrected chi connectivity index (χ0v) is 15.8. The van der Waals surface area contributed by atoms with Crippen molar-refractivity contribution in [3.63, 3.8) is 0 Å². The van der Waals surface area contributed by atoms with E-state index in [1.54, 1.807) is 6.20 Å². The van der Waals surface area contributed by atoms with Crippen LogP contribution in [0.3, 0.4) is 0 Å². The molecule has 2 aromatic heterocycles. The summed E-state index contributed by atoms with van der Waals surface area (Å²) in [6.45, 7) is 1.91. The number of aryl methyl sites for hydroxylation is 1. The number of nitrogens with zero attached hydrogens (tertiary/aromatic N) is 4. The molecule has 0 unspecified atom stereocenters. The third kappa shape index (κ3) is 2.63. The predicted molar refractivity (Wildman–Crippen MR) is 104 cm³/mol. The summed E-state index contributed by atoms with van der Waals surface area (Å²) in [6.07, 6.45) is 6.65. The topological polar surface area (TPSA) is 50.5 Å². The first-order valence-electron chi connectivity index (χ1n) is 8.95.